The number of fused-ring (bicyclic) bond motifs is 1. The highest BCUT2D eigenvalue weighted by Crippen LogP contribution is 2.32. The van der Waals surface area contributed by atoms with Gasteiger partial charge in [0.2, 0.25) is 0 Å². The maximum absolute atomic E-state index is 14.2. The number of rotatable bonds is 5. The molecule has 1 aliphatic heterocycles. The van der Waals surface area contributed by atoms with Gasteiger partial charge in [0.1, 0.15) is 4.83 Å². The molecular weight excluding hydrogens is 370 g/mol. The van der Waals surface area contributed by atoms with Crippen molar-refractivity contribution in [2.45, 2.75) is 13.5 Å². The lowest BCUT2D eigenvalue weighted by Gasteiger charge is -2.26. The lowest BCUT2D eigenvalue weighted by molar-refractivity contribution is 0.0365. The van der Waals surface area contributed by atoms with Crippen LogP contribution in [0.1, 0.15) is 21.6 Å². The van der Waals surface area contributed by atoms with Gasteiger partial charge in [0.05, 0.1) is 24.3 Å². The van der Waals surface area contributed by atoms with Crippen LogP contribution in [0.2, 0.25) is 0 Å². The van der Waals surface area contributed by atoms with Crippen LogP contribution in [0.25, 0.3) is 10.2 Å². The molecule has 0 spiro atoms. The molecule has 3 aromatic rings. The molecule has 3 heterocycles. The fourth-order valence-electron chi connectivity index (χ4n) is 3.62. The average molecular weight is 390 g/mol. The molecule has 0 saturated carbocycles. The van der Waals surface area contributed by atoms with Crippen molar-refractivity contribution in [2.75, 3.05) is 32.8 Å². The normalized spacial score (nSPS) is 15.5. The maximum atomic E-state index is 14.2. The van der Waals surface area contributed by atoms with E-state index < -0.39 is 17.4 Å². The second kappa shape index (κ2) is 7.50. The number of hydrogen-bond acceptors (Lipinski definition) is 4. The maximum Gasteiger partial charge on any atom is 0.198 e. The molecule has 0 radical (unpaired) electrons. The lowest BCUT2D eigenvalue weighted by Crippen LogP contribution is -2.38. The van der Waals surface area contributed by atoms with Crippen molar-refractivity contribution in [1.29, 1.82) is 0 Å². The Morgan fingerprint density at radius 1 is 1.19 bits per heavy atom. The number of ketones is 1. The Bertz CT molecular complexity index is 989. The van der Waals surface area contributed by atoms with E-state index in [4.69, 9.17) is 4.74 Å². The molecule has 2 aromatic heterocycles. The molecule has 27 heavy (non-hydrogen) atoms. The number of hydrogen-bond donors (Lipinski definition) is 0. The van der Waals surface area contributed by atoms with Crippen LogP contribution in [0.4, 0.5) is 8.78 Å². The first-order chi connectivity index (χ1) is 13.1. The van der Waals surface area contributed by atoms with Crippen molar-refractivity contribution >= 4 is 27.3 Å². The number of carbonyl (C=O) groups is 1. The predicted molar refractivity (Wildman–Crippen MR) is 102 cm³/mol. The Morgan fingerprint density at radius 2 is 1.96 bits per heavy atom. The first-order valence-corrected chi connectivity index (χ1v) is 9.81. The molecule has 7 heteroatoms. The highest BCUT2D eigenvalue weighted by Gasteiger charge is 2.25. The summed E-state index contributed by atoms with van der Waals surface area (Å²) in [6.45, 7) is 6.73. The number of carbonyl (C=O) groups excluding carboxylic acids is 1. The van der Waals surface area contributed by atoms with Gasteiger partial charge in [-0.1, -0.05) is 6.07 Å². The number of aromatic nitrogens is 1. The van der Waals surface area contributed by atoms with Crippen molar-refractivity contribution in [2.24, 2.45) is 0 Å². The van der Waals surface area contributed by atoms with Crippen LogP contribution < -0.4 is 0 Å². The van der Waals surface area contributed by atoms with Gasteiger partial charge in [-0.15, -0.1) is 11.3 Å². The molecule has 1 aliphatic rings. The highest BCUT2D eigenvalue weighted by molar-refractivity contribution is 7.16. The van der Waals surface area contributed by atoms with Crippen molar-refractivity contribution in [3.05, 3.63) is 58.1 Å². The van der Waals surface area contributed by atoms with Gasteiger partial charge in [0.25, 0.3) is 0 Å². The van der Waals surface area contributed by atoms with Crippen LogP contribution in [0.15, 0.2) is 29.6 Å². The molecule has 4 nitrogen and oxygen atoms in total. The van der Waals surface area contributed by atoms with Crippen LogP contribution in [0.5, 0.6) is 0 Å². The Labute approximate surface area is 160 Å². The third-order valence-corrected chi connectivity index (χ3v) is 6.03. The molecule has 0 aliphatic carbocycles. The average Bonchev–Trinajstić information content (AvgIpc) is 3.23. The largest absolute Gasteiger partial charge is 0.379 e. The van der Waals surface area contributed by atoms with Gasteiger partial charge >= 0.3 is 0 Å². The zero-order valence-electron chi connectivity index (χ0n) is 15.0. The molecule has 0 amide bonds. The van der Waals surface area contributed by atoms with Gasteiger partial charge in [-0.25, -0.2) is 8.78 Å². The van der Waals surface area contributed by atoms with Gasteiger partial charge < -0.3 is 9.30 Å². The number of ether oxygens (including phenoxy) is 1. The third kappa shape index (κ3) is 3.31. The number of benzene rings is 1. The summed E-state index contributed by atoms with van der Waals surface area (Å²) in [6, 6.07) is 5.60. The standard InChI is InChI=1S/C20H20F2N2O2S/c1-13-17(19(25)15-3-2-4-16(21)18(15)22)14-5-12-27-20(14)24(13)7-6-23-8-10-26-11-9-23/h2-5,12H,6-11H2,1H3. The molecule has 0 N–H and O–H groups in total. The summed E-state index contributed by atoms with van der Waals surface area (Å²) in [4.78, 5) is 16.3. The quantitative estimate of drug-likeness (QED) is 0.621. The Kier molecular flexibility index (Phi) is 5.08. The van der Waals surface area contributed by atoms with Gasteiger partial charge in [0, 0.05) is 37.3 Å². The minimum Gasteiger partial charge on any atom is -0.379 e. The fourth-order valence-corrected chi connectivity index (χ4v) is 4.60. The number of halogens is 2. The van der Waals surface area contributed by atoms with Crippen molar-refractivity contribution in [3.63, 3.8) is 0 Å². The lowest BCUT2D eigenvalue weighted by atomic mass is 10.0. The van der Waals surface area contributed by atoms with Gasteiger partial charge in [0.15, 0.2) is 17.4 Å². The highest BCUT2D eigenvalue weighted by atomic mass is 32.1. The molecular formula is C20H20F2N2O2S. The second-order valence-electron chi connectivity index (χ2n) is 6.64. The van der Waals surface area contributed by atoms with Gasteiger partial charge in [-0.05, 0) is 30.5 Å². The zero-order valence-corrected chi connectivity index (χ0v) is 15.8. The molecule has 0 bridgehead atoms. The smallest absolute Gasteiger partial charge is 0.198 e. The van der Waals surface area contributed by atoms with E-state index in [2.05, 4.69) is 9.47 Å². The van der Waals surface area contributed by atoms with E-state index in [1.54, 1.807) is 11.3 Å². The molecule has 0 atom stereocenters. The summed E-state index contributed by atoms with van der Waals surface area (Å²) < 4.78 is 35.3. The molecule has 1 aromatic carbocycles. The van der Waals surface area contributed by atoms with E-state index in [1.807, 2.05) is 18.4 Å². The first-order valence-electron chi connectivity index (χ1n) is 8.93. The van der Waals surface area contributed by atoms with E-state index in [0.717, 1.165) is 61.4 Å². The van der Waals surface area contributed by atoms with E-state index in [9.17, 15) is 13.6 Å². The topological polar surface area (TPSA) is 34.5 Å². The van der Waals surface area contributed by atoms with E-state index >= 15 is 0 Å². The van der Waals surface area contributed by atoms with Crippen molar-refractivity contribution in [3.8, 4) is 0 Å². The van der Waals surface area contributed by atoms with Crippen LogP contribution in [0, 0.1) is 18.6 Å². The minimum atomic E-state index is -1.09. The van der Waals surface area contributed by atoms with E-state index in [-0.39, 0.29) is 5.56 Å². The number of thiophene rings is 1. The number of morpholine rings is 1. The molecule has 0 unspecified atom stereocenters. The summed E-state index contributed by atoms with van der Waals surface area (Å²) in [5, 5.41) is 2.72. The zero-order chi connectivity index (χ0) is 19.0. The van der Waals surface area contributed by atoms with E-state index in [1.165, 1.54) is 12.1 Å². The van der Waals surface area contributed by atoms with Gasteiger partial charge in [-0.2, -0.15) is 0 Å². The molecule has 1 fully saturated rings. The van der Waals surface area contributed by atoms with E-state index in [0.29, 0.717) is 5.56 Å². The Morgan fingerprint density at radius 3 is 2.74 bits per heavy atom. The summed E-state index contributed by atoms with van der Waals surface area (Å²) >= 11 is 1.56. The minimum absolute atomic E-state index is 0.225. The summed E-state index contributed by atoms with van der Waals surface area (Å²) in [5.74, 6) is -2.57. The summed E-state index contributed by atoms with van der Waals surface area (Å²) in [5.41, 5.74) is 1.02. The third-order valence-electron chi connectivity index (χ3n) is 5.09. The SMILES string of the molecule is Cc1c(C(=O)c2cccc(F)c2F)c2ccsc2n1CCN1CCOCC1. The van der Waals surface area contributed by atoms with Crippen LogP contribution in [0.3, 0.4) is 0 Å². The predicted octanol–water partition coefficient (Wildman–Crippen LogP) is 3.85. The summed E-state index contributed by atoms with van der Waals surface area (Å²) in [6.07, 6.45) is 0. The summed E-state index contributed by atoms with van der Waals surface area (Å²) in [7, 11) is 0. The Balaban J connectivity index is 1.69. The first kappa shape index (κ1) is 18.3. The number of nitrogens with zero attached hydrogens (tertiary/aromatic N) is 2. The van der Waals surface area contributed by atoms with Crippen molar-refractivity contribution in [1.82, 2.24) is 9.47 Å². The monoisotopic (exact) mass is 390 g/mol. The van der Waals surface area contributed by atoms with Crippen molar-refractivity contribution < 1.29 is 18.3 Å². The molecule has 1 saturated heterocycles. The fraction of sp³-hybridized carbons (Fsp3) is 0.350. The van der Waals surface area contributed by atoms with Gasteiger partial charge in [-0.3, -0.25) is 9.69 Å². The van der Waals surface area contributed by atoms with Crippen LogP contribution in [-0.2, 0) is 11.3 Å². The molecule has 4 rings (SSSR count). The van der Waals surface area contributed by atoms with Crippen LogP contribution >= 0.6 is 11.3 Å². The molecule has 142 valence electrons. The van der Waals surface area contributed by atoms with Crippen LogP contribution in [-0.4, -0.2) is 48.1 Å². The Hall–Kier alpha value is -2.09. The second-order valence-corrected chi connectivity index (χ2v) is 7.53.